The van der Waals surface area contributed by atoms with Gasteiger partial charge < -0.3 is 5.73 Å². The van der Waals surface area contributed by atoms with E-state index in [0.29, 0.717) is 11.5 Å². The van der Waals surface area contributed by atoms with E-state index in [9.17, 15) is 8.42 Å². The van der Waals surface area contributed by atoms with E-state index in [-0.39, 0.29) is 10.7 Å². The van der Waals surface area contributed by atoms with E-state index < -0.39 is 9.84 Å². The first-order valence-corrected chi connectivity index (χ1v) is 6.83. The largest absolute Gasteiger partial charge is 0.382 e. The molecule has 2 aromatic heterocycles. The maximum Gasteiger partial charge on any atom is 0.178 e. The number of nitrogens with zero attached hydrogens (tertiary/aromatic N) is 3. The third-order valence-electron chi connectivity index (χ3n) is 2.23. The lowest BCUT2D eigenvalue weighted by molar-refractivity contribution is 0.602. The Balaban J connectivity index is 2.46. The first-order valence-electron chi connectivity index (χ1n) is 4.94. The van der Waals surface area contributed by atoms with Gasteiger partial charge in [0.2, 0.25) is 0 Å². The number of hydrogen-bond acceptors (Lipinski definition) is 5. The summed E-state index contributed by atoms with van der Waals surface area (Å²) in [5.74, 6) is 0.241. The van der Waals surface area contributed by atoms with Crippen molar-refractivity contribution < 1.29 is 8.42 Å². The van der Waals surface area contributed by atoms with Gasteiger partial charge in [0, 0.05) is 6.26 Å². The SMILES string of the molecule is CS(=O)(=O)c1cnn(-c2cccc(C(=N)N)n2)c1. The third kappa shape index (κ3) is 2.38. The highest BCUT2D eigenvalue weighted by atomic mass is 32.2. The van der Waals surface area contributed by atoms with Crippen molar-refractivity contribution in [1.82, 2.24) is 14.8 Å². The third-order valence-corrected chi connectivity index (χ3v) is 3.30. The van der Waals surface area contributed by atoms with Crippen LogP contribution < -0.4 is 5.73 Å². The lowest BCUT2D eigenvalue weighted by Gasteiger charge is -2.02. The van der Waals surface area contributed by atoms with Crippen molar-refractivity contribution in [3.63, 3.8) is 0 Å². The number of hydrogen-bond donors (Lipinski definition) is 2. The summed E-state index contributed by atoms with van der Waals surface area (Å²) >= 11 is 0. The Morgan fingerprint density at radius 1 is 1.44 bits per heavy atom. The highest BCUT2D eigenvalue weighted by Crippen LogP contribution is 2.10. The van der Waals surface area contributed by atoms with Gasteiger partial charge in [-0.2, -0.15) is 5.10 Å². The van der Waals surface area contributed by atoms with Crippen LogP contribution in [0.1, 0.15) is 5.69 Å². The molecule has 8 heteroatoms. The minimum absolute atomic E-state index is 0.109. The molecular formula is C10H11N5O2S. The van der Waals surface area contributed by atoms with Crippen LogP contribution in [0.4, 0.5) is 0 Å². The second-order valence-corrected chi connectivity index (χ2v) is 5.70. The van der Waals surface area contributed by atoms with Crippen LogP contribution in [0, 0.1) is 5.41 Å². The Labute approximate surface area is 104 Å². The first kappa shape index (κ1) is 12.2. The summed E-state index contributed by atoms with van der Waals surface area (Å²) in [7, 11) is -3.29. The van der Waals surface area contributed by atoms with Crippen LogP contribution in [-0.2, 0) is 9.84 Å². The van der Waals surface area contributed by atoms with Crippen LogP contribution in [0.3, 0.4) is 0 Å². The fraction of sp³-hybridized carbons (Fsp3) is 0.100. The maximum absolute atomic E-state index is 11.3. The molecule has 94 valence electrons. The standard InChI is InChI=1S/C10H11N5O2S/c1-18(16,17)7-5-13-15(6-7)9-4-2-3-8(14-9)10(11)12/h2-6H,1H3,(H3,11,12). The lowest BCUT2D eigenvalue weighted by atomic mass is 10.3. The number of nitrogens with two attached hydrogens (primary N) is 1. The molecule has 0 bridgehead atoms. The van der Waals surface area contributed by atoms with Gasteiger partial charge in [0.25, 0.3) is 0 Å². The summed E-state index contributed by atoms with van der Waals surface area (Å²) < 4.78 is 24.0. The van der Waals surface area contributed by atoms with Gasteiger partial charge in [-0.25, -0.2) is 18.1 Å². The molecule has 0 unspecified atom stereocenters. The van der Waals surface area contributed by atoms with Crippen molar-refractivity contribution in [3.05, 3.63) is 36.3 Å². The summed E-state index contributed by atoms with van der Waals surface area (Å²) in [6.07, 6.45) is 3.72. The maximum atomic E-state index is 11.3. The van der Waals surface area contributed by atoms with Crippen molar-refractivity contribution >= 4 is 15.7 Å². The fourth-order valence-corrected chi connectivity index (χ4v) is 1.85. The first-order chi connectivity index (χ1) is 8.38. The highest BCUT2D eigenvalue weighted by Gasteiger charge is 2.11. The van der Waals surface area contributed by atoms with Gasteiger partial charge in [-0.1, -0.05) is 6.07 Å². The summed E-state index contributed by atoms with van der Waals surface area (Å²) in [4.78, 5) is 4.20. The summed E-state index contributed by atoms with van der Waals surface area (Å²) in [6.45, 7) is 0. The van der Waals surface area contributed by atoms with Gasteiger partial charge in [0.1, 0.15) is 16.4 Å². The molecule has 2 rings (SSSR count). The number of nitrogens with one attached hydrogen (secondary N) is 1. The Morgan fingerprint density at radius 2 is 2.17 bits per heavy atom. The van der Waals surface area contributed by atoms with E-state index in [4.69, 9.17) is 11.1 Å². The molecule has 2 aromatic rings. The summed E-state index contributed by atoms with van der Waals surface area (Å²) in [5, 5.41) is 11.2. The van der Waals surface area contributed by atoms with E-state index in [1.807, 2.05) is 0 Å². The summed E-state index contributed by atoms with van der Waals surface area (Å²) in [5.41, 5.74) is 5.64. The molecule has 0 saturated carbocycles. The molecule has 18 heavy (non-hydrogen) atoms. The number of pyridine rings is 1. The van der Waals surface area contributed by atoms with Gasteiger partial charge in [-0.15, -0.1) is 0 Å². The zero-order chi connectivity index (χ0) is 13.3. The molecule has 0 radical (unpaired) electrons. The molecule has 7 nitrogen and oxygen atoms in total. The second kappa shape index (κ2) is 4.22. The fourth-order valence-electron chi connectivity index (χ4n) is 1.32. The Hall–Kier alpha value is -2.22. The number of amidine groups is 1. The van der Waals surface area contributed by atoms with Crippen molar-refractivity contribution in [2.24, 2.45) is 5.73 Å². The smallest absolute Gasteiger partial charge is 0.178 e. The van der Waals surface area contributed by atoms with Gasteiger partial charge in [0.05, 0.1) is 12.4 Å². The Kier molecular flexibility index (Phi) is 2.87. The molecule has 0 aromatic carbocycles. The molecule has 3 N–H and O–H groups in total. The quantitative estimate of drug-likeness (QED) is 0.596. The van der Waals surface area contributed by atoms with E-state index in [1.165, 1.54) is 17.1 Å². The second-order valence-electron chi connectivity index (χ2n) is 3.69. The van der Waals surface area contributed by atoms with Crippen molar-refractivity contribution in [2.75, 3.05) is 6.26 Å². The molecule has 0 saturated heterocycles. The van der Waals surface area contributed by atoms with Crippen LogP contribution in [-0.4, -0.2) is 35.3 Å². The van der Waals surface area contributed by atoms with Gasteiger partial charge in [-0.05, 0) is 12.1 Å². The summed E-state index contributed by atoms with van der Waals surface area (Å²) in [6, 6.07) is 4.90. The van der Waals surface area contributed by atoms with Crippen molar-refractivity contribution in [1.29, 1.82) is 5.41 Å². The van der Waals surface area contributed by atoms with E-state index >= 15 is 0 Å². The normalized spacial score (nSPS) is 11.4. The average molecular weight is 265 g/mol. The molecule has 0 atom stereocenters. The zero-order valence-corrected chi connectivity index (χ0v) is 10.3. The van der Waals surface area contributed by atoms with Gasteiger partial charge >= 0.3 is 0 Å². The number of aromatic nitrogens is 3. The molecule has 0 aliphatic rings. The predicted molar refractivity (Wildman–Crippen MR) is 65.5 cm³/mol. The van der Waals surface area contributed by atoms with Crippen molar-refractivity contribution in [3.8, 4) is 5.82 Å². The zero-order valence-electron chi connectivity index (χ0n) is 9.53. The van der Waals surface area contributed by atoms with Crippen LogP contribution in [0.5, 0.6) is 0 Å². The minimum Gasteiger partial charge on any atom is -0.382 e. The van der Waals surface area contributed by atoms with Crippen molar-refractivity contribution in [2.45, 2.75) is 4.90 Å². The van der Waals surface area contributed by atoms with Crippen LogP contribution in [0.15, 0.2) is 35.5 Å². The lowest BCUT2D eigenvalue weighted by Crippen LogP contribution is -2.14. The van der Waals surface area contributed by atoms with E-state index in [1.54, 1.807) is 18.2 Å². The van der Waals surface area contributed by atoms with E-state index in [0.717, 1.165) is 6.26 Å². The predicted octanol–water partition coefficient (Wildman–Crippen LogP) is -0.0451. The van der Waals surface area contributed by atoms with Gasteiger partial charge in [0.15, 0.2) is 15.7 Å². The molecule has 0 amide bonds. The number of rotatable bonds is 3. The molecule has 2 heterocycles. The number of nitrogen functional groups attached to an aromatic ring is 1. The van der Waals surface area contributed by atoms with Crippen LogP contribution >= 0.6 is 0 Å². The molecule has 0 fully saturated rings. The van der Waals surface area contributed by atoms with E-state index in [2.05, 4.69) is 10.1 Å². The molecule has 0 aliphatic carbocycles. The van der Waals surface area contributed by atoms with Crippen LogP contribution in [0.25, 0.3) is 5.82 Å². The molecule has 0 aliphatic heterocycles. The minimum atomic E-state index is -3.29. The molecule has 0 spiro atoms. The van der Waals surface area contributed by atoms with Crippen LogP contribution in [0.2, 0.25) is 0 Å². The monoisotopic (exact) mass is 265 g/mol. The topological polar surface area (TPSA) is 115 Å². The average Bonchev–Trinajstić information content (AvgIpc) is 2.78. The Bertz CT molecular complexity index is 705. The number of sulfone groups is 1. The highest BCUT2D eigenvalue weighted by molar-refractivity contribution is 7.90. The van der Waals surface area contributed by atoms with Gasteiger partial charge in [-0.3, -0.25) is 5.41 Å². The Morgan fingerprint density at radius 3 is 2.72 bits per heavy atom. The molecular weight excluding hydrogens is 254 g/mol.